The van der Waals surface area contributed by atoms with E-state index in [0.717, 1.165) is 24.8 Å². The zero-order valence-electron chi connectivity index (χ0n) is 7.38. The molecule has 0 aromatic heterocycles. The van der Waals surface area contributed by atoms with Gasteiger partial charge in [-0.25, -0.2) is 0 Å². The summed E-state index contributed by atoms with van der Waals surface area (Å²) in [5.74, 6) is 0. The number of benzene rings is 1. The summed E-state index contributed by atoms with van der Waals surface area (Å²) in [7, 11) is 0. The molecule has 1 aromatic rings. The molecule has 0 fully saturated rings. The lowest BCUT2D eigenvalue weighted by molar-refractivity contribution is 0.156. The van der Waals surface area contributed by atoms with Gasteiger partial charge in [-0.3, -0.25) is 0 Å². The first-order valence-corrected chi connectivity index (χ1v) is 4.55. The van der Waals surface area contributed by atoms with Crippen molar-refractivity contribution < 1.29 is 5.11 Å². The van der Waals surface area contributed by atoms with Crippen molar-refractivity contribution in [1.82, 2.24) is 0 Å². The third-order valence-corrected chi connectivity index (χ3v) is 2.58. The number of aryl methyl sites for hydroxylation is 2. The Bertz CT molecular complexity index is 291. The summed E-state index contributed by atoms with van der Waals surface area (Å²) in [6, 6.07) is 6.38. The standard InChI is InChI=1S/C11H14O/c1-8-5-6-9-3-2-4-11(12)10(9)7-8/h5-7,11-12H,2-4H2,1H3/t11-/m0/s1. The van der Waals surface area contributed by atoms with E-state index in [9.17, 15) is 5.11 Å². The zero-order chi connectivity index (χ0) is 8.55. The second kappa shape index (κ2) is 2.91. The molecule has 0 unspecified atom stereocenters. The summed E-state index contributed by atoms with van der Waals surface area (Å²) >= 11 is 0. The van der Waals surface area contributed by atoms with Crippen LogP contribution >= 0.6 is 0 Å². The molecule has 2 rings (SSSR count). The lowest BCUT2D eigenvalue weighted by Crippen LogP contribution is -2.08. The Morgan fingerprint density at radius 2 is 2.25 bits per heavy atom. The van der Waals surface area contributed by atoms with Gasteiger partial charge in [0.2, 0.25) is 0 Å². The Morgan fingerprint density at radius 3 is 3.08 bits per heavy atom. The molecule has 1 aliphatic rings. The normalized spacial score (nSPS) is 22.0. The van der Waals surface area contributed by atoms with Crippen LogP contribution in [0.1, 0.15) is 35.6 Å². The van der Waals surface area contributed by atoms with Gasteiger partial charge in [0.05, 0.1) is 6.10 Å². The minimum Gasteiger partial charge on any atom is -0.388 e. The predicted octanol–water partition coefficient (Wildman–Crippen LogP) is 2.36. The Morgan fingerprint density at radius 1 is 1.42 bits per heavy atom. The van der Waals surface area contributed by atoms with E-state index in [4.69, 9.17) is 0 Å². The molecule has 1 heteroatoms. The number of aliphatic hydroxyl groups excluding tert-OH is 1. The minimum atomic E-state index is -0.214. The molecule has 0 heterocycles. The molecule has 0 amide bonds. The van der Waals surface area contributed by atoms with Crippen LogP contribution in [0, 0.1) is 6.92 Å². The van der Waals surface area contributed by atoms with Crippen LogP contribution in [0.4, 0.5) is 0 Å². The highest BCUT2D eigenvalue weighted by Gasteiger charge is 2.16. The molecule has 64 valence electrons. The number of hydrogen-bond donors (Lipinski definition) is 1. The van der Waals surface area contributed by atoms with Crippen LogP contribution in [-0.4, -0.2) is 5.11 Å². The van der Waals surface area contributed by atoms with Crippen LogP contribution in [0.3, 0.4) is 0 Å². The molecule has 1 aliphatic carbocycles. The van der Waals surface area contributed by atoms with Crippen molar-refractivity contribution in [2.24, 2.45) is 0 Å². The second-order valence-electron chi connectivity index (χ2n) is 3.61. The third-order valence-electron chi connectivity index (χ3n) is 2.58. The van der Waals surface area contributed by atoms with Crippen molar-refractivity contribution in [3.8, 4) is 0 Å². The van der Waals surface area contributed by atoms with Gasteiger partial charge in [0.25, 0.3) is 0 Å². The van der Waals surface area contributed by atoms with Crippen molar-refractivity contribution in [3.63, 3.8) is 0 Å². The van der Waals surface area contributed by atoms with E-state index >= 15 is 0 Å². The minimum absolute atomic E-state index is 0.214. The molecular formula is C11H14O. The summed E-state index contributed by atoms with van der Waals surface area (Å²) in [4.78, 5) is 0. The largest absolute Gasteiger partial charge is 0.388 e. The van der Waals surface area contributed by atoms with Crippen molar-refractivity contribution in [3.05, 3.63) is 34.9 Å². The summed E-state index contributed by atoms with van der Waals surface area (Å²) in [6.07, 6.45) is 2.97. The fourth-order valence-electron chi connectivity index (χ4n) is 1.89. The van der Waals surface area contributed by atoms with E-state index < -0.39 is 0 Å². The quantitative estimate of drug-likeness (QED) is 0.621. The molecule has 0 saturated heterocycles. The van der Waals surface area contributed by atoms with Crippen LogP contribution < -0.4 is 0 Å². The van der Waals surface area contributed by atoms with E-state index in [0.29, 0.717) is 0 Å². The first kappa shape index (κ1) is 7.81. The smallest absolute Gasteiger partial charge is 0.0792 e. The lowest BCUT2D eigenvalue weighted by atomic mass is 9.88. The average Bonchev–Trinajstić information content (AvgIpc) is 2.07. The van der Waals surface area contributed by atoms with Gasteiger partial charge in [-0.2, -0.15) is 0 Å². The van der Waals surface area contributed by atoms with Crippen LogP contribution in [0.15, 0.2) is 18.2 Å². The average molecular weight is 162 g/mol. The lowest BCUT2D eigenvalue weighted by Gasteiger charge is -2.21. The maximum atomic E-state index is 9.69. The van der Waals surface area contributed by atoms with Crippen molar-refractivity contribution in [2.45, 2.75) is 32.3 Å². The summed E-state index contributed by atoms with van der Waals surface area (Å²) in [5.41, 5.74) is 3.73. The number of fused-ring (bicyclic) bond motifs is 1. The molecule has 0 saturated carbocycles. The predicted molar refractivity (Wildman–Crippen MR) is 49.1 cm³/mol. The Kier molecular flexibility index (Phi) is 1.89. The Hall–Kier alpha value is -0.820. The number of rotatable bonds is 0. The van der Waals surface area contributed by atoms with Gasteiger partial charge < -0.3 is 5.11 Å². The SMILES string of the molecule is Cc1ccc2c(c1)[C@@H](O)CCC2. The molecule has 1 N–H and O–H groups in total. The maximum absolute atomic E-state index is 9.69. The fraction of sp³-hybridized carbons (Fsp3) is 0.455. The van der Waals surface area contributed by atoms with Gasteiger partial charge in [-0.15, -0.1) is 0 Å². The van der Waals surface area contributed by atoms with Gasteiger partial charge in [-0.05, 0) is 37.3 Å². The van der Waals surface area contributed by atoms with Gasteiger partial charge in [0.1, 0.15) is 0 Å². The van der Waals surface area contributed by atoms with E-state index in [1.807, 2.05) is 0 Å². The van der Waals surface area contributed by atoms with Crippen molar-refractivity contribution >= 4 is 0 Å². The molecule has 0 radical (unpaired) electrons. The topological polar surface area (TPSA) is 20.2 Å². The summed E-state index contributed by atoms with van der Waals surface area (Å²) < 4.78 is 0. The first-order chi connectivity index (χ1) is 5.77. The van der Waals surface area contributed by atoms with Crippen molar-refractivity contribution in [1.29, 1.82) is 0 Å². The van der Waals surface area contributed by atoms with Gasteiger partial charge >= 0.3 is 0 Å². The first-order valence-electron chi connectivity index (χ1n) is 4.55. The van der Waals surface area contributed by atoms with Crippen LogP contribution in [0.5, 0.6) is 0 Å². The zero-order valence-corrected chi connectivity index (χ0v) is 7.38. The van der Waals surface area contributed by atoms with E-state index in [-0.39, 0.29) is 6.10 Å². The highest BCUT2D eigenvalue weighted by Crippen LogP contribution is 2.29. The highest BCUT2D eigenvalue weighted by atomic mass is 16.3. The van der Waals surface area contributed by atoms with Gasteiger partial charge in [0, 0.05) is 0 Å². The van der Waals surface area contributed by atoms with Crippen molar-refractivity contribution in [2.75, 3.05) is 0 Å². The molecule has 0 aliphatic heterocycles. The molecule has 1 nitrogen and oxygen atoms in total. The third kappa shape index (κ3) is 1.25. The Balaban J connectivity index is 2.47. The van der Waals surface area contributed by atoms with E-state index in [1.54, 1.807) is 0 Å². The monoisotopic (exact) mass is 162 g/mol. The van der Waals surface area contributed by atoms with Gasteiger partial charge in [-0.1, -0.05) is 23.8 Å². The molecule has 1 aromatic carbocycles. The molecule has 0 spiro atoms. The molecule has 12 heavy (non-hydrogen) atoms. The van der Waals surface area contributed by atoms with Crippen LogP contribution in [-0.2, 0) is 6.42 Å². The van der Waals surface area contributed by atoms with E-state index in [2.05, 4.69) is 25.1 Å². The number of aliphatic hydroxyl groups is 1. The molecular weight excluding hydrogens is 148 g/mol. The van der Waals surface area contributed by atoms with Crippen LogP contribution in [0.25, 0.3) is 0 Å². The molecule has 1 atom stereocenters. The molecule has 0 bridgehead atoms. The summed E-state index contributed by atoms with van der Waals surface area (Å²) in [6.45, 7) is 2.07. The maximum Gasteiger partial charge on any atom is 0.0792 e. The number of hydrogen-bond acceptors (Lipinski definition) is 1. The van der Waals surface area contributed by atoms with E-state index in [1.165, 1.54) is 11.1 Å². The highest BCUT2D eigenvalue weighted by molar-refractivity contribution is 5.34. The van der Waals surface area contributed by atoms with Gasteiger partial charge in [0.15, 0.2) is 0 Å². The summed E-state index contributed by atoms with van der Waals surface area (Å²) in [5, 5.41) is 9.69. The van der Waals surface area contributed by atoms with Crippen LogP contribution in [0.2, 0.25) is 0 Å². The fourth-order valence-corrected chi connectivity index (χ4v) is 1.89. The second-order valence-corrected chi connectivity index (χ2v) is 3.61. The Labute approximate surface area is 73.0 Å².